The third-order valence-electron chi connectivity index (χ3n) is 3.94. The summed E-state index contributed by atoms with van der Waals surface area (Å²) < 4.78 is 0. The van der Waals surface area contributed by atoms with E-state index in [4.69, 9.17) is 10.2 Å². The van der Waals surface area contributed by atoms with E-state index in [1.165, 1.54) is 0 Å². The van der Waals surface area contributed by atoms with Gasteiger partial charge in [0.2, 0.25) is 0 Å². The highest BCUT2D eigenvalue weighted by atomic mass is 16.4. The van der Waals surface area contributed by atoms with Crippen LogP contribution in [0.5, 0.6) is 0 Å². The Morgan fingerprint density at radius 3 is 1.91 bits per heavy atom. The lowest BCUT2D eigenvalue weighted by Crippen LogP contribution is -2.12. The second-order valence-corrected chi connectivity index (χ2v) is 5.90. The summed E-state index contributed by atoms with van der Waals surface area (Å²) in [7, 11) is 0. The van der Waals surface area contributed by atoms with Gasteiger partial charge < -0.3 is 10.2 Å². The van der Waals surface area contributed by atoms with Crippen LogP contribution in [0.2, 0.25) is 0 Å². The molecule has 22 heavy (non-hydrogen) atoms. The quantitative estimate of drug-likeness (QED) is 0.328. The maximum atomic E-state index is 10.9. The fourth-order valence-electron chi connectivity index (χ4n) is 2.46. The van der Waals surface area contributed by atoms with E-state index in [9.17, 15) is 9.59 Å². The molecule has 0 aliphatic heterocycles. The molecular formula is C18H32O4. The van der Waals surface area contributed by atoms with Gasteiger partial charge in [0, 0.05) is 6.42 Å². The van der Waals surface area contributed by atoms with Gasteiger partial charge in [-0.15, -0.1) is 0 Å². The van der Waals surface area contributed by atoms with E-state index in [-0.39, 0.29) is 12.3 Å². The standard InChI is InChI=1S/C18H32O4/c1-2-16(18(21)22)14-12-10-8-6-4-3-5-7-9-11-13-15-17(19)20/h3-4,16H,2,5-15H2,1H3,(H,19,20)(H,21,22)/b4-3+. The van der Waals surface area contributed by atoms with Gasteiger partial charge in [-0.2, -0.15) is 0 Å². The lowest BCUT2D eigenvalue weighted by Gasteiger charge is -2.08. The molecule has 4 nitrogen and oxygen atoms in total. The predicted octanol–water partition coefficient (Wildman–Crippen LogP) is 5.03. The number of carboxylic acids is 2. The maximum Gasteiger partial charge on any atom is 0.306 e. The van der Waals surface area contributed by atoms with E-state index < -0.39 is 11.9 Å². The first-order valence-corrected chi connectivity index (χ1v) is 8.67. The van der Waals surface area contributed by atoms with Crippen LogP contribution in [-0.4, -0.2) is 22.2 Å². The van der Waals surface area contributed by atoms with Crippen molar-refractivity contribution >= 4 is 11.9 Å². The molecule has 0 aromatic carbocycles. The average Bonchev–Trinajstić information content (AvgIpc) is 2.47. The van der Waals surface area contributed by atoms with Crippen LogP contribution in [0, 0.1) is 5.92 Å². The second-order valence-electron chi connectivity index (χ2n) is 5.90. The minimum Gasteiger partial charge on any atom is -0.481 e. The number of carbonyl (C=O) groups is 2. The molecule has 0 aliphatic carbocycles. The van der Waals surface area contributed by atoms with E-state index in [2.05, 4.69) is 12.2 Å². The Kier molecular flexibility index (Phi) is 13.7. The van der Waals surface area contributed by atoms with Crippen LogP contribution in [0.15, 0.2) is 12.2 Å². The molecule has 1 unspecified atom stereocenters. The third-order valence-corrected chi connectivity index (χ3v) is 3.94. The van der Waals surface area contributed by atoms with E-state index in [1.807, 2.05) is 6.92 Å². The first kappa shape index (κ1) is 20.7. The molecule has 0 aromatic rings. The van der Waals surface area contributed by atoms with Crippen molar-refractivity contribution in [2.24, 2.45) is 5.92 Å². The van der Waals surface area contributed by atoms with Gasteiger partial charge >= 0.3 is 11.9 Å². The van der Waals surface area contributed by atoms with Crippen LogP contribution in [-0.2, 0) is 9.59 Å². The largest absolute Gasteiger partial charge is 0.481 e. The Labute approximate surface area is 134 Å². The maximum absolute atomic E-state index is 10.9. The van der Waals surface area contributed by atoms with Crippen molar-refractivity contribution in [1.82, 2.24) is 0 Å². The molecule has 0 radical (unpaired) electrons. The van der Waals surface area contributed by atoms with Gasteiger partial charge in [0.05, 0.1) is 5.92 Å². The molecule has 4 heteroatoms. The summed E-state index contributed by atoms with van der Waals surface area (Å²) in [6, 6.07) is 0. The monoisotopic (exact) mass is 312 g/mol. The van der Waals surface area contributed by atoms with Crippen molar-refractivity contribution in [3.8, 4) is 0 Å². The van der Waals surface area contributed by atoms with Crippen molar-refractivity contribution in [3.05, 3.63) is 12.2 Å². The van der Waals surface area contributed by atoms with Crippen LogP contribution in [0.1, 0.15) is 84.0 Å². The predicted molar refractivity (Wildman–Crippen MR) is 89.0 cm³/mol. The van der Waals surface area contributed by atoms with E-state index in [1.54, 1.807) is 0 Å². The zero-order valence-electron chi connectivity index (χ0n) is 13.9. The fraction of sp³-hybridized carbons (Fsp3) is 0.778. The molecule has 0 saturated carbocycles. The molecule has 0 saturated heterocycles. The Bertz CT molecular complexity index is 323. The highest BCUT2D eigenvalue weighted by molar-refractivity contribution is 5.69. The van der Waals surface area contributed by atoms with Gasteiger partial charge in [0.25, 0.3) is 0 Å². The molecule has 128 valence electrons. The molecule has 1 atom stereocenters. The first-order chi connectivity index (χ1) is 10.6. The van der Waals surface area contributed by atoms with Crippen LogP contribution in [0.3, 0.4) is 0 Å². The SMILES string of the molecule is CCC(CCCCC/C=C/CCCCCCC(=O)O)C(=O)O. The summed E-state index contributed by atoms with van der Waals surface area (Å²) in [5, 5.41) is 17.4. The summed E-state index contributed by atoms with van der Waals surface area (Å²) in [6.45, 7) is 1.93. The Morgan fingerprint density at radius 2 is 1.41 bits per heavy atom. The Hall–Kier alpha value is -1.32. The zero-order valence-corrected chi connectivity index (χ0v) is 13.9. The highest BCUT2D eigenvalue weighted by Crippen LogP contribution is 2.14. The number of hydrogen-bond donors (Lipinski definition) is 2. The normalized spacial score (nSPS) is 12.6. The van der Waals surface area contributed by atoms with E-state index >= 15 is 0 Å². The van der Waals surface area contributed by atoms with Crippen LogP contribution in [0.25, 0.3) is 0 Å². The molecule has 0 spiro atoms. The third kappa shape index (κ3) is 13.7. The zero-order chi connectivity index (χ0) is 16.6. The lowest BCUT2D eigenvalue weighted by molar-refractivity contribution is -0.142. The molecule has 0 rings (SSSR count). The van der Waals surface area contributed by atoms with Crippen molar-refractivity contribution in [2.75, 3.05) is 0 Å². The Balaban J connectivity index is 3.31. The molecule has 2 N–H and O–H groups in total. The van der Waals surface area contributed by atoms with Crippen molar-refractivity contribution in [2.45, 2.75) is 84.0 Å². The summed E-state index contributed by atoms with van der Waals surface area (Å²) in [6.07, 6.45) is 15.6. The minimum atomic E-state index is -0.700. The number of aliphatic carboxylic acids is 2. The van der Waals surface area contributed by atoms with Gasteiger partial charge in [0.15, 0.2) is 0 Å². The summed E-state index contributed by atoms with van der Waals surface area (Å²) in [4.78, 5) is 21.2. The lowest BCUT2D eigenvalue weighted by atomic mass is 9.98. The smallest absolute Gasteiger partial charge is 0.306 e. The summed E-state index contributed by atoms with van der Waals surface area (Å²) in [5.74, 6) is -1.53. The van der Waals surface area contributed by atoms with Crippen LogP contribution in [0.4, 0.5) is 0 Å². The number of rotatable bonds is 15. The molecule has 0 amide bonds. The van der Waals surface area contributed by atoms with Crippen molar-refractivity contribution in [1.29, 1.82) is 0 Å². The van der Waals surface area contributed by atoms with E-state index in [0.29, 0.717) is 0 Å². The molecular weight excluding hydrogens is 280 g/mol. The minimum absolute atomic E-state index is 0.170. The molecule has 0 aliphatic rings. The van der Waals surface area contributed by atoms with Gasteiger partial charge in [0.1, 0.15) is 0 Å². The molecule has 0 fully saturated rings. The van der Waals surface area contributed by atoms with E-state index in [0.717, 1.165) is 70.6 Å². The Morgan fingerprint density at radius 1 is 0.864 bits per heavy atom. The number of allylic oxidation sites excluding steroid dienone is 2. The van der Waals surface area contributed by atoms with Gasteiger partial charge in [-0.1, -0.05) is 44.8 Å². The molecule has 0 heterocycles. The second kappa shape index (κ2) is 14.6. The molecule has 0 aromatic heterocycles. The average molecular weight is 312 g/mol. The van der Waals surface area contributed by atoms with Crippen LogP contribution < -0.4 is 0 Å². The number of carboxylic acid groups (broad SMARTS) is 2. The first-order valence-electron chi connectivity index (χ1n) is 8.67. The summed E-state index contributed by atoms with van der Waals surface area (Å²) >= 11 is 0. The van der Waals surface area contributed by atoms with Crippen molar-refractivity contribution < 1.29 is 19.8 Å². The van der Waals surface area contributed by atoms with Gasteiger partial charge in [-0.3, -0.25) is 9.59 Å². The number of hydrogen-bond acceptors (Lipinski definition) is 2. The fourth-order valence-corrected chi connectivity index (χ4v) is 2.46. The van der Waals surface area contributed by atoms with Crippen LogP contribution >= 0.6 is 0 Å². The van der Waals surface area contributed by atoms with Crippen molar-refractivity contribution in [3.63, 3.8) is 0 Å². The van der Waals surface area contributed by atoms with Gasteiger partial charge in [-0.05, 0) is 44.9 Å². The highest BCUT2D eigenvalue weighted by Gasteiger charge is 2.13. The molecule has 0 bridgehead atoms. The topological polar surface area (TPSA) is 74.6 Å². The number of unbranched alkanes of at least 4 members (excludes halogenated alkanes) is 7. The van der Waals surface area contributed by atoms with Gasteiger partial charge in [-0.25, -0.2) is 0 Å². The summed E-state index contributed by atoms with van der Waals surface area (Å²) in [5.41, 5.74) is 0.